The number of nitrogens with one attached hydrogen (secondary N) is 1. The Balaban J connectivity index is 1.82. The van der Waals surface area contributed by atoms with Crippen LogP contribution in [0.4, 0.5) is 8.78 Å². The Bertz CT molecular complexity index is 736. The average Bonchev–Trinajstić information content (AvgIpc) is 3.11. The molecule has 2 aromatic heterocycles. The predicted octanol–water partition coefficient (Wildman–Crippen LogP) is 3.04. The number of carbonyl (C=O) groups excluding carboxylic acids is 1. The number of aryl methyl sites for hydroxylation is 1. The largest absolute Gasteiger partial charge is 0.356 e. The molecule has 6 nitrogen and oxygen atoms in total. The Hall–Kier alpha value is -2.25. The van der Waals surface area contributed by atoms with Crippen LogP contribution in [0.1, 0.15) is 49.6 Å². The van der Waals surface area contributed by atoms with Gasteiger partial charge in [0.1, 0.15) is 5.82 Å². The highest BCUT2D eigenvalue weighted by atomic mass is 19.3. The topological polar surface area (TPSA) is 64.7 Å². The van der Waals surface area contributed by atoms with Gasteiger partial charge >= 0.3 is 6.55 Å². The van der Waals surface area contributed by atoms with E-state index in [0.29, 0.717) is 18.8 Å². The summed E-state index contributed by atoms with van der Waals surface area (Å²) in [5.74, 6) is 0.669. The van der Waals surface area contributed by atoms with Crippen molar-refractivity contribution in [1.82, 2.24) is 24.6 Å². The van der Waals surface area contributed by atoms with Gasteiger partial charge in [0, 0.05) is 44.0 Å². The number of hydrogen-bond acceptors (Lipinski definition) is 3. The van der Waals surface area contributed by atoms with Gasteiger partial charge in [0.15, 0.2) is 0 Å². The van der Waals surface area contributed by atoms with Crippen molar-refractivity contribution >= 4 is 5.91 Å². The number of amides is 1. The lowest BCUT2D eigenvalue weighted by molar-refractivity contribution is -0.121. The van der Waals surface area contributed by atoms with E-state index in [0.717, 1.165) is 28.1 Å². The highest BCUT2D eigenvalue weighted by Crippen LogP contribution is 2.16. The van der Waals surface area contributed by atoms with Gasteiger partial charge in [0.05, 0.1) is 5.69 Å². The molecule has 0 aliphatic carbocycles. The van der Waals surface area contributed by atoms with Crippen LogP contribution in [-0.4, -0.2) is 31.8 Å². The fourth-order valence-corrected chi connectivity index (χ4v) is 2.98. The summed E-state index contributed by atoms with van der Waals surface area (Å²) in [5, 5.41) is 7.32. The minimum absolute atomic E-state index is 0.101. The molecule has 26 heavy (non-hydrogen) atoms. The molecule has 0 fully saturated rings. The van der Waals surface area contributed by atoms with Crippen LogP contribution >= 0.6 is 0 Å². The Labute approximate surface area is 152 Å². The molecule has 0 unspecified atom stereocenters. The zero-order valence-corrected chi connectivity index (χ0v) is 15.8. The van der Waals surface area contributed by atoms with E-state index < -0.39 is 6.55 Å². The normalized spacial score (nSPS) is 11.5. The second-order valence-corrected chi connectivity index (χ2v) is 6.85. The fourth-order valence-electron chi connectivity index (χ4n) is 2.98. The molecule has 0 saturated carbocycles. The molecule has 2 rings (SSSR count). The van der Waals surface area contributed by atoms with Crippen LogP contribution in [-0.2, 0) is 24.2 Å². The molecular formula is C18H27F2N5O. The fraction of sp³-hybridized carbons (Fsp3) is 0.611. The van der Waals surface area contributed by atoms with Crippen LogP contribution in [0.25, 0.3) is 0 Å². The van der Waals surface area contributed by atoms with Gasteiger partial charge in [-0.25, -0.2) is 4.98 Å². The molecule has 0 aliphatic heterocycles. The highest BCUT2D eigenvalue weighted by molar-refractivity contribution is 5.76. The number of rotatable bonds is 9. The molecule has 0 aromatic carbocycles. The minimum Gasteiger partial charge on any atom is -0.356 e. The van der Waals surface area contributed by atoms with Gasteiger partial charge in [-0.2, -0.15) is 13.9 Å². The molecule has 144 valence electrons. The van der Waals surface area contributed by atoms with Gasteiger partial charge in [0.2, 0.25) is 5.91 Å². The van der Waals surface area contributed by atoms with Crippen molar-refractivity contribution in [3.63, 3.8) is 0 Å². The third-order valence-electron chi connectivity index (χ3n) is 4.30. The maximum Gasteiger partial charge on any atom is 0.319 e. The third kappa shape index (κ3) is 5.12. The van der Waals surface area contributed by atoms with Gasteiger partial charge in [-0.05, 0) is 31.7 Å². The quantitative estimate of drug-likeness (QED) is 0.741. The SMILES string of the molecule is Cc1nn(CC(C)C)c(C)c1CCC(=O)NCCc1nccn1C(F)F. The Morgan fingerprint density at radius 3 is 2.65 bits per heavy atom. The zero-order valence-electron chi connectivity index (χ0n) is 15.8. The lowest BCUT2D eigenvalue weighted by Crippen LogP contribution is -2.26. The highest BCUT2D eigenvalue weighted by Gasteiger charge is 2.14. The van der Waals surface area contributed by atoms with Crippen molar-refractivity contribution in [2.75, 3.05) is 6.54 Å². The molecule has 2 heterocycles. The van der Waals surface area contributed by atoms with Gasteiger partial charge < -0.3 is 5.32 Å². The first-order valence-corrected chi connectivity index (χ1v) is 8.89. The van der Waals surface area contributed by atoms with Crippen molar-refractivity contribution < 1.29 is 13.6 Å². The molecule has 0 spiro atoms. The summed E-state index contributed by atoms with van der Waals surface area (Å²) in [6, 6.07) is 0. The van der Waals surface area contributed by atoms with Crippen LogP contribution in [0.5, 0.6) is 0 Å². The maximum atomic E-state index is 12.7. The number of nitrogens with zero attached hydrogens (tertiary/aromatic N) is 4. The van der Waals surface area contributed by atoms with E-state index in [4.69, 9.17) is 0 Å². The van der Waals surface area contributed by atoms with Crippen LogP contribution in [0, 0.1) is 19.8 Å². The second-order valence-electron chi connectivity index (χ2n) is 6.85. The van der Waals surface area contributed by atoms with Crippen molar-refractivity contribution in [2.45, 2.75) is 60.1 Å². The summed E-state index contributed by atoms with van der Waals surface area (Å²) in [5.41, 5.74) is 3.16. The molecule has 0 aliphatic rings. The number of imidazole rings is 1. The minimum atomic E-state index is -2.61. The molecule has 8 heteroatoms. The smallest absolute Gasteiger partial charge is 0.319 e. The van der Waals surface area contributed by atoms with E-state index in [9.17, 15) is 13.6 Å². The molecule has 0 bridgehead atoms. The van der Waals surface area contributed by atoms with Crippen molar-refractivity contribution in [2.24, 2.45) is 5.92 Å². The second kappa shape index (κ2) is 8.91. The Morgan fingerprint density at radius 1 is 1.27 bits per heavy atom. The van der Waals surface area contributed by atoms with E-state index in [1.165, 1.54) is 12.4 Å². The summed E-state index contributed by atoms with van der Waals surface area (Å²) in [6.07, 6.45) is 3.81. The maximum absolute atomic E-state index is 12.7. The summed E-state index contributed by atoms with van der Waals surface area (Å²) >= 11 is 0. The number of hydrogen-bond donors (Lipinski definition) is 1. The summed E-state index contributed by atoms with van der Waals surface area (Å²) in [6.45, 7) is 6.80. The lowest BCUT2D eigenvalue weighted by atomic mass is 10.1. The first-order chi connectivity index (χ1) is 12.3. The first-order valence-electron chi connectivity index (χ1n) is 8.89. The van der Waals surface area contributed by atoms with E-state index in [1.807, 2.05) is 18.5 Å². The Kier molecular flexibility index (Phi) is 6.88. The summed E-state index contributed by atoms with van der Waals surface area (Å²) in [4.78, 5) is 16.0. The molecule has 0 radical (unpaired) electrons. The predicted molar refractivity (Wildman–Crippen MR) is 95.1 cm³/mol. The van der Waals surface area contributed by atoms with Crippen LogP contribution in [0.3, 0.4) is 0 Å². The summed E-state index contributed by atoms with van der Waals surface area (Å²) in [7, 11) is 0. The van der Waals surface area contributed by atoms with Crippen molar-refractivity contribution in [3.05, 3.63) is 35.2 Å². The number of carbonyl (C=O) groups is 1. The number of alkyl halides is 2. The average molecular weight is 367 g/mol. The van der Waals surface area contributed by atoms with Crippen LogP contribution in [0.15, 0.2) is 12.4 Å². The lowest BCUT2D eigenvalue weighted by Gasteiger charge is -2.09. The number of halogens is 2. The van der Waals surface area contributed by atoms with Crippen molar-refractivity contribution in [3.8, 4) is 0 Å². The van der Waals surface area contributed by atoms with Crippen LogP contribution in [0.2, 0.25) is 0 Å². The van der Waals surface area contributed by atoms with E-state index in [2.05, 4.69) is 29.2 Å². The molecular weight excluding hydrogens is 340 g/mol. The van der Waals surface area contributed by atoms with Gasteiger partial charge in [-0.1, -0.05) is 13.8 Å². The van der Waals surface area contributed by atoms with E-state index >= 15 is 0 Å². The van der Waals surface area contributed by atoms with Crippen LogP contribution < -0.4 is 5.32 Å². The van der Waals surface area contributed by atoms with E-state index in [-0.39, 0.29) is 24.7 Å². The molecule has 1 N–H and O–H groups in total. The molecule has 2 aromatic rings. The van der Waals surface area contributed by atoms with E-state index in [1.54, 1.807) is 0 Å². The molecule has 1 amide bonds. The first kappa shape index (κ1) is 20.1. The Morgan fingerprint density at radius 2 is 2.00 bits per heavy atom. The van der Waals surface area contributed by atoms with Gasteiger partial charge in [-0.15, -0.1) is 0 Å². The molecule has 0 saturated heterocycles. The monoisotopic (exact) mass is 367 g/mol. The van der Waals surface area contributed by atoms with Gasteiger partial charge in [0.25, 0.3) is 0 Å². The third-order valence-corrected chi connectivity index (χ3v) is 4.30. The number of aromatic nitrogens is 4. The summed E-state index contributed by atoms with van der Waals surface area (Å²) < 4.78 is 28.3. The van der Waals surface area contributed by atoms with Gasteiger partial charge in [-0.3, -0.25) is 14.0 Å². The standard InChI is InChI=1S/C18H27F2N5O/c1-12(2)11-25-14(4)15(13(3)23-25)5-6-17(26)22-8-7-16-21-9-10-24(16)18(19)20/h9-10,12,18H,5-8,11H2,1-4H3,(H,22,26). The zero-order chi connectivity index (χ0) is 19.3. The van der Waals surface area contributed by atoms with Crippen molar-refractivity contribution in [1.29, 1.82) is 0 Å². The molecule has 0 atom stereocenters.